The molecule has 1 N–H and O–H groups in total. The second-order valence-corrected chi connectivity index (χ2v) is 10.6. The second-order valence-electron chi connectivity index (χ2n) is 10.6. The molecule has 0 aliphatic rings. The van der Waals surface area contributed by atoms with Crippen molar-refractivity contribution >= 4 is 44.1 Å². The number of para-hydroxylation sites is 1. The molecule has 8 rings (SSSR count). The SMILES string of the molecule is c1ccc(-c2ccc(-c3ccc(Nc4cccc5c4oc4c(-c6ccccc6)cc6ccccc6c45)cc3)cc2)cc1. The summed E-state index contributed by atoms with van der Waals surface area (Å²) in [5.41, 5.74) is 10.8. The van der Waals surface area contributed by atoms with Gasteiger partial charge in [-0.2, -0.15) is 0 Å². The number of furan rings is 1. The van der Waals surface area contributed by atoms with Crippen LogP contribution in [-0.2, 0) is 0 Å². The Balaban J connectivity index is 1.17. The highest BCUT2D eigenvalue weighted by Gasteiger charge is 2.18. The van der Waals surface area contributed by atoms with E-state index in [4.69, 9.17) is 4.42 Å². The lowest BCUT2D eigenvalue weighted by atomic mass is 9.96. The lowest BCUT2D eigenvalue weighted by Crippen LogP contribution is -1.90. The van der Waals surface area contributed by atoms with Crippen LogP contribution in [0.25, 0.3) is 66.1 Å². The van der Waals surface area contributed by atoms with Crippen LogP contribution in [0.3, 0.4) is 0 Å². The van der Waals surface area contributed by atoms with Crippen LogP contribution < -0.4 is 5.32 Å². The van der Waals surface area contributed by atoms with Crippen molar-refractivity contribution in [1.29, 1.82) is 0 Å². The Hall–Kier alpha value is -5.60. The van der Waals surface area contributed by atoms with Crippen molar-refractivity contribution < 1.29 is 4.42 Å². The lowest BCUT2D eigenvalue weighted by molar-refractivity contribution is 0.671. The molecule has 0 aliphatic carbocycles. The van der Waals surface area contributed by atoms with Gasteiger partial charge in [0.1, 0.15) is 5.58 Å². The Bertz CT molecular complexity index is 2180. The molecule has 7 aromatic carbocycles. The molecule has 42 heavy (non-hydrogen) atoms. The van der Waals surface area contributed by atoms with Crippen molar-refractivity contribution in [3.63, 3.8) is 0 Å². The highest BCUT2D eigenvalue weighted by atomic mass is 16.3. The average Bonchev–Trinajstić information content (AvgIpc) is 3.47. The second kappa shape index (κ2) is 10.1. The number of rotatable bonds is 5. The van der Waals surface area contributed by atoms with Crippen molar-refractivity contribution in [1.82, 2.24) is 0 Å². The first-order chi connectivity index (χ1) is 20.8. The summed E-state index contributed by atoms with van der Waals surface area (Å²) in [4.78, 5) is 0. The molecule has 198 valence electrons. The van der Waals surface area contributed by atoms with E-state index in [0.29, 0.717) is 0 Å². The molecule has 1 aromatic heterocycles. The molecule has 0 saturated carbocycles. The van der Waals surface area contributed by atoms with Crippen molar-refractivity contribution in [3.05, 3.63) is 158 Å². The number of hydrogen-bond acceptors (Lipinski definition) is 2. The van der Waals surface area contributed by atoms with Crippen molar-refractivity contribution in [2.75, 3.05) is 5.32 Å². The van der Waals surface area contributed by atoms with E-state index in [1.807, 2.05) is 12.1 Å². The van der Waals surface area contributed by atoms with E-state index < -0.39 is 0 Å². The zero-order valence-electron chi connectivity index (χ0n) is 22.9. The van der Waals surface area contributed by atoms with E-state index in [9.17, 15) is 0 Å². The predicted octanol–water partition coefficient (Wildman–Crippen LogP) is 11.5. The van der Waals surface area contributed by atoms with E-state index in [-0.39, 0.29) is 0 Å². The first-order valence-electron chi connectivity index (χ1n) is 14.3. The van der Waals surface area contributed by atoms with E-state index in [1.54, 1.807) is 0 Å². The van der Waals surface area contributed by atoms with Gasteiger partial charge in [0.15, 0.2) is 5.58 Å². The van der Waals surface area contributed by atoms with Crippen LogP contribution in [0, 0.1) is 0 Å². The van der Waals surface area contributed by atoms with Gasteiger partial charge in [0.2, 0.25) is 0 Å². The maximum atomic E-state index is 6.73. The summed E-state index contributed by atoms with van der Waals surface area (Å²) in [6.45, 7) is 0. The van der Waals surface area contributed by atoms with Gasteiger partial charge >= 0.3 is 0 Å². The van der Waals surface area contributed by atoms with Crippen LogP contribution >= 0.6 is 0 Å². The normalized spacial score (nSPS) is 11.3. The fraction of sp³-hybridized carbons (Fsp3) is 0. The number of hydrogen-bond donors (Lipinski definition) is 1. The van der Waals surface area contributed by atoms with Gasteiger partial charge in [-0.1, -0.05) is 133 Å². The molecular weight excluding hydrogens is 510 g/mol. The molecule has 2 nitrogen and oxygen atoms in total. The van der Waals surface area contributed by atoms with Crippen molar-refractivity contribution in [2.45, 2.75) is 0 Å². The minimum Gasteiger partial charge on any atom is -0.453 e. The quantitative estimate of drug-likeness (QED) is 0.236. The highest BCUT2D eigenvalue weighted by molar-refractivity contribution is 6.24. The summed E-state index contributed by atoms with van der Waals surface area (Å²) in [5, 5.41) is 8.30. The van der Waals surface area contributed by atoms with Gasteiger partial charge in [-0.15, -0.1) is 0 Å². The fourth-order valence-electron chi connectivity index (χ4n) is 5.97. The predicted molar refractivity (Wildman–Crippen MR) is 177 cm³/mol. The van der Waals surface area contributed by atoms with Gasteiger partial charge in [-0.05, 0) is 62.9 Å². The molecule has 0 saturated heterocycles. The molecule has 2 heteroatoms. The third-order valence-corrected chi connectivity index (χ3v) is 8.06. The van der Waals surface area contributed by atoms with Gasteiger partial charge in [0.25, 0.3) is 0 Å². The molecule has 0 amide bonds. The zero-order chi connectivity index (χ0) is 27.9. The fourth-order valence-corrected chi connectivity index (χ4v) is 5.97. The largest absolute Gasteiger partial charge is 0.453 e. The summed E-state index contributed by atoms with van der Waals surface area (Å²) in [5.74, 6) is 0. The molecule has 0 spiro atoms. The summed E-state index contributed by atoms with van der Waals surface area (Å²) in [6, 6.07) is 55.5. The number of fused-ring (bicyclic) bond motifs is 5. The van der Waals surface area contributed by atoms with Gasteiger partial charge < -0.3 is 9.73 Å². The lowest BCUT2D eigenvalue weighted by Gasteiger charge is -2.09. The molecule has 0 aliphatic heterocycles. The minimum atomic E-state index is 0.863. The van der Waals surface area contributed by atoms with Gasteiger partial charge in [0.05, 0.1) is 5.69 Å². The molecule has 0 unspecified atom stereocenters. The van der Waals surface area contributed by atoms with E-state index in [0.717, 1.165) is 44.4 Å². The molecular formula is C40H27NO. The number of nitrogens with one attached hydrogen (secondary N) is 1. The summed E-state index contributed by atoms with van der Waals surface area (Å²) >= 11 is 0. The van der Waals surface area contributed by atoms with Crippen LogP contribution in [0.1, 0.15) is 0 Å². The topological polar surface area (TPSA) is 25.2 Å². The maximum absolute atomic E-state index is 6.73. The number of anilines is 2. The summed E-state index contributed by atoms with van der Waals surface area (Å²) < 4.78 is 6.73. The molecule has 0 fully saturated rings. The van der Waals surface area contributed by atoms with Crippen LogP contribution in [0.4, 0.5) is 11.4 Å². The first kappa shape index (κ1) is 24.2. The Morgan fingerprint density at radius 3 is 1.64 bits per heavy atom. The third kappa shape index (κ3) is 4.22. The maximum Gasteiger partial charge on any atom is 0.158 e. The smallest absolute Gasteiger partial charge is 0.158 e. The van der Waals surface area contributed by atoms with E-state index in [1.165, 1.54) is 33.0 Å². The van der Waals surface area contributed by atoms with Crippen molar-refractivity contribution in [2.24, 2.45) is 0 Å². The van der Waals surface area contributed by atoms with E-state index in [2.05, 4.69) is 151 Å². The Morgan fingerprint density at radius 1 is 0.405 bits per heavy atom. The minimum absolute atomic E-state index is 0.863. The van der Waals surface area contributed by atoms with Gasteiger partial charge in [0, 0.05) is 22.0 Å². The molecule has 0 radical (unpaired) electrons. The third-order valence-electron chi connectivity index (χ3n) is 8.06. The van der Waals surface area contributed by atoms with E-state index >= 15 is 0 Å². The summed E-state index contributed by atoms with van der Waals surface area (Å²) in [6.07, 6.45) is 0. The van der Waals surface area contributed by atoms with Crippen LogP contribution in [0.15, 0.2) is 162 Å². The standard InChI is InChI=1S/C40H27NO/c1-3-10-27(11-4-1)28-18-20-29(21-19-28)30-22-24-33(25-23-30)41-37-17-9-16-35-38-34-15-8-7-14-32(34)26-36(40(38)42-39(35)37)31-12-5-2-6-13-31/h1-26,41H. The van der Waals surface area contributed by atoms with Crippen molar-refractivity contribution in [3.8, 4) is 33.4 Å². The monoisotopic (exact) mass is 537 g/mol. The zero-order valence-corrected chi connectivity index (χ0v) is 22.9. The highest BCUT2D eigenvalue weighted by Crippen LogP contribution is 2.43. The Morgan fingerprint density at radius 2 is 0.952 bits per heavy atom. The Labute approximate surface area is 244 Å². The van der Waals surface area contributed by atoms with Crippen LogP contribution in [0.2, 0.25) is 0 Å². The number of benzene rings is 7. The molecule has 1 heterocycles. The molecule has 0 atom stereocenters. The molecule has 8 aromatic rings. The van der Waals surface area contributed by atoms with Crippen LogP contribution in [0.5, 0.6) is 0 Å². The van der Waals surface area contributed by atoms with Crippen LogP contribution in [-0.4, -0.2) is 0 Å². The average molecular weight is 538 g/mol. The van der Waals surface area contributed by atoms with Gasteiger partial charge in [-0.3, -0.25) is 0 Å². The first-order valence-corrected chi connectivity index (χ1v) is 14.3. The summed E-state index contributed by atoms with van der Waals surface area (Å²) in [7, 11) is 0. The molecule has 0 bridgehead atoms. The Kier molecular flexibility index (Phi) is 5.82. The van der Waals surface area contributed by atoms with Gasteiger partial charge in [-0.25, -0.2) is 0 Å².